The van der Waals surface area contributed by atoms with Gasteiger partial charge in [-0.3, -0.25) is 9.53 Å². The molecule has 1 heterocycles. The summed E-state index contributed by atoms with van der Waals surface area (Å²) < 4.78 is 13.1. The molecule has 0 fully saturated rings. The standard InChI is InChI=1S/C21H27NOS/c1-4-21(14-16(2)3)15-24(23)19-13-9-8-12-18(19)20(22-21)17-10-6-5-7-11-17/h5-13,16,20,22H,4,14-15H2,1-3H3/t20-,21-,24?/m0/s1. The van der Waals surface area contributed by atoms with Crippen LogP contribution in [0, 0.1) is 5.92 Å². The van der Waals surface area contributed by atoms with Gasteiger partial charge in [-0.15, -0.1) is 0 Å². The summed E-state index contributed by atoms with van der Waals surface area (Å²) in [4.78, 5) is 0.984. The van der Waals surface area contributed by atoms with E-state index in [0.29, 0.717) is 11.7 Å². The first-order valence-corrected chi connectivity index (χ1v) is 10.2. The Morgan fingerprint density at radius 1 is 1.12 bits per heavy atom. The quantitative estimate of drug-likeness (QED) is 0.875. The van der Waals surface area contributed by atoms with Crippen LogP contribution in [0.15, 0.2) is 59.5 Å². The number of benzene rings is 2. The van der Waals surface area contributed by atoms with Gasteiger partial charge in [0, 0.05) is 16.2 Å². The fourth-order valence-corrected chi connectivity index (χ4v) is 5.58. The zero-order valence-electron chi connectivity index (χ0n) is 14.8. The summed E-state index contributed by atoms with van der Waals surface area (Å²) in [6.45, 7) is 6.71. The Kier molecular flexibility index (Phi) is 5.21. The van der Waals surface area contributed by atoms with Gasteiger partial charge in [-0.1, -0.05) is 69.3 Å². The molecule has 1 N–H and O–H groups in total. The minimum absolute atomic E-state index is 0.0903. The Hall–Kier alpha value is -1.45. The van der Waals surface area contributed by atoms with Gasteiger partial charge in [-0.2, -0.15) is 0 Å². The van der Waals surface area contributed by atoms with Gasteiger partial charge < -0.3 is 0 Å². The molecule has 3 rings (SSSR count). The number of fused-ring (bicyclic) bond motifs is 1. The molecule has 1 aliphatic heterocycles. The lowest BCUT2D eigenvalue weighted by molar-refractivity contribution is 0.271. The molecule has 3 atom stereocenters. The molecular weight excluding hydrogens is 314 g/mol. The van der Waals surface area contributed by atoms with Crippen molar-refractivity contribution in [1.82, 2.24) is 5.32 Å². The SMILES string of the molecule is CC[C@]1(CC(C)C)CS(=O)c2ccccc2[C@H](c2ccccc2)N1. The normalized spacial score (nSPS) is 26.8. The Balaban J connectivity index is 2.12. The summed E-state index contributed by atoms with van der Waals surface area (Å²) >= 11 is 0. The van der Waals surface area contributed by atoms with E-state index in [1.165, 1.54) is 5.56 Å². The Morgan fingerprint density at radius 2 is 1.79 bits per heavy atom. The van der Waals surface area contributed by atoms with E-state index in [4.69, 9.17) is 0 Å². The second-order valence-electron chi connectivity index (χ2n) is 7.25. The highest BCUT2D eigenvalue weighted by Crippen LogP contribution is 2.36. The maximum Gasteiger partial charge on any atom is 0.0593 e. The Morgan fingerprint density at radius 3 is 2.46 bits per heavy atom. The second kappa shape index (κ2) is 7.20. The lowest BCUT2D eigenvalue weighted by Gasteiger charge is -2.37. The molecule has 0 saturated carbocycles. The molecule has 128 valence electrons. The number of hydrogen-bond acceptors (Lipinski definition) is 2. The molecule has 0 bridgehead atoms. The number of rotatable bonds is 4. The van der Waals surface area contributed by atoms with Crippen LogP contribution >= 0.6 is 0 Å². The minimum Gasteiger partial charge on any atom is -0.300 e. The predicted molar refractivity (Wildman–Crippen MR) is 102 cm³/mol. The summed E-state index contributed by atoms with van der Waals surface area (Å²) in [5.74, 6) is 1.24. The number of nitrogens with one attached hydrogen (secondary N) is 1. The van der Waals surface area contributed by atoms with E-state index in [0.717, 1.165) is 23.3 Å². The van der Waals surface area contributed by atoms with Crippen molar-refractivity contribution in [2.75, 3.05) is 5.75 Å². The second-order valence-corrected chi connectivity index (χ2v) is 8.67. The summed E-state index contributed by atoms with van der Waals surface area (Å²) in [5.41, 5.74) is 2.30. The lowest BCUT2D eigenvalue weighted by atomic mass is 9.85. The highest BCUT2D eigenvalue weighted by atomic mass is 32.2. The van der Waals surface area contributed by atoms with Crippen LogP contribution in [0.2, 0.25) is 0 Å². The van der Waals surface area contributed by atoms with Gasteiger partial charge in [0.25, 0.3) is 0 Å². The zero-order chi connectivity index (χ0) is 17.2. The third-order valence-corrected chi connectivity index (χ3v) is 6.62. The van der Waals surface area contributed by atoms with Gasteiger partial charge in [0.2, 0.25) is 0 Å². The van der Waals surface area contributed by atoms with Crippen LogP contribution in [0.5, 0.6) is 0 Å². The van der Waals surface area contributed by atoms with Crippen molar-refractivity contribution in [3.05, 3.63) is 65.7 Å². The Bertz CT molecular complexity index is 713. The maximum absolute atomic E-state index is 13.1. The first-order chi connectivity index (χ1) is 11.5. The molecule has 0 amide bonds. The monoisotopic (exact) mass is 341 g/mol. The third-order valence-electron chi connectivity index (χ3n) is 4.94. The van der Waals surface area contributed by atoms with Gasteiger partial charge in [-0.25, -0.2) is 0 Å². The topological polar surface area (TPSA) is 29.1 Å². The van der Waals surface area contributed by atoms with Crippen molar-refractivity contribution in [1.29, 1.82) is 0 Å². The van der Waals surface area contributed by atoms with E-state index in [1.807, 2.05) is 18.2 Å². The molecule has 0 radical (unpaired) electrons. The lowest BCUT2D eigenvalue weighted by Crippen LogP contribution is -2.50. The van der Waals surface area contributed by atoms with Gasteiger partial charge in [0.15, 0.2) is 0 Å². The molecular formula is C21H27NOS. The van der Waals surface area contributed by atoms with Crippen LogP contribution in [-0.2, 0) is 10.8 Å². The summed E-state index contributed by atoms with van der Waals surface area (Å²) in [6, 6.07) is 18.8. The van der Waals surface area contributed by atoms with E-state index in [1.54, 1.807) is 0 Å². The van der Waals surface area contributed by atoms with Crippen molar-refractivity contribution in [3.8, 4) is 0 Å². The average molecular weight is 342 g/mol. The molecule has 1 unspecified atom stereocenters. The van der Waals surface area contributed by atoms with Crippen molar-refractivity contribution < 1.29 is 4.21 Å². The molecule has 2 aromatic carbocycles. The molecule has 0 aromatic heterocycles. The highest BCUT2D eigenvalue weighted by Gasteiger charge is 2.38. The van der Waals surface area contributed by atoms with Gasteiger partial charge >= 0.3 is 0 Å². The number of hydrogen-bond donors (Lipinski definition) is 1. The smallest absolute Gasteiger partial charge is 0.0593 e. The van der Waals surface area contributed by atoms with Gasteiger partial charge in [0.1, 0.15) is 0 Å². The molecule has 3 heteroatoms. The third kappa shape index (κ3) is 3.47. The fourth-order valence-electron chi connectivity index (χ4n) is 3.84. The summed E-state index contributed by atoms with van der Waals surface area (Å²) in [5, 5.41) is 3.92. The molecule has 24 heavy (non-hydrogen) atoms. The average Bonchev–Trinajstić information content (AvgIpc) is 2.71. The first-order valence-electron chi connectivity index (χ1n) is 8.84. The van der Waals surface area contributed by atoms with Gasteiger partial charge in [0.05, 0.1) is 16.8 Å². The van der Waals surface area contributed by atoms with E-state index in [9.17, 15) is 4.21 Å². The van der Waals surface area contributed by atoms with Crippen LogP contribution in [-0.4, -0.2) is 15.5 Å². The largest absolute Gasteiger partial charge is 0.300 e. The highest BCUT2D eigenvalue weighted by molar-refractivity contribution is 7.85. The Labute approximate surface area is 148 Å². The first kappa shape index (κ1) is 17.4. The van der Waals surface area contributed by atoms with Crippen LogP contribution in [0.1, 0.15) is 50.8 Å². The van der Waals surface area contributed by atoms with Crippen LogP contribution in [0.4, 0.5) is 0 Å². The van der Waals surface area contributed by atoms with Crippen molar-refractivity contribution >= 4 is 10.8 Å². The zero-order valence-corrected chi connectivity index (χ0v) is 15.6. The van der Waals surface area contributed by atoms with E-state index >= 15 is 0 Å². The maximum atomic E-state index is 13.1. The van der Waals surface area contributed by atoms with E-state index in [2.05, 4.69) is 62.5 Å². The van der Waals surface area contributed by atoms with Crippen molar-refractivity contribution in [2.45, 2.75) is 50.1 Å². The van der Waals surface area contributed by atoms with Gasteiger partial charge in [-0.05, 0) is 36.0 Å². The summed E-state index contributed by atoms with van der Waals surface area (Å²) in [6.07, 6.45) is 2.01. The molecule has 1 aliphatic rings. The van der Waals surface area contributed by atoms with Crippen LogP contribution < -0.4 is 5.32 Å². The van der Waals surface area contributed by atoms with Crippen LogP contribution in [0.25, 0.3) is 0 Å². The van der Waals surface area contributed by atoms with Crippen LogP contribution in [0.3, 0.4) is 0 Å². The predicted octanol–water partition coefficient (Wildman–Crippen LogP) is 4.68. The molecule has 2 aromatic rings. The minimum atomic E-state index is -0.975. The molecule has 0 aliphatic carbocycles. The van der Waals surface area contributed by atoms with Crippen molar-refractivity contribution in [2.24, 2.45) is 5.92 Å². The van der Waals surface area contributed by atoms with Crippen molar-refractivity contribution in [3.63, 3.8) is 0 Å². The van der Waals surface area contributed by atoms with E-state index in [-0.39, 0.29) is 11.6 Å². The molecule has 0 saturated heterocycles. The van der Waals surface area contributed by atoms with E-state index < -0.39 is 10.8 Å². The molecule has 0 spiro atoms. The molecule has 2 nitrogen and oxygen atoms in total. The summed E-state index contributed by atoms with van der Waals surface area (Å²) in [7, 11) is -0.975. The fraction of sp³-hybridized carbons (Fsp3) is 0.429.